The van der Waals surface area contributed by atoms with Crippen molar-refractivity contribution < 1.29 is 9.53 Å². The number of carbonyl (C=O) groups excluding carboxylic acids is 1. The van der Waals surface area contributed by atoms with Crippen LogP contribution in [-0.4, -0.2) is 39.3 Å². The normalized spacial score (nSPS) is 10.7. The standard InChI is InChI=1S/C16H27N3O2/c1-5-13(6-2)19(9-10-21-4)15-11-12(17)7-8-14(15)16(20)18-3/h7-8,11,13H,5-6,9-10,17H2,1-4H3,(H,18,20). The lowest BCUT2D eigenvalue weighted by atomic mass is 10.0. The topological polar surface area (TPSA) is 67.6 Å². The number of hydrogen-bond acceptors (Lipinski definition) is 4. The van der Waals surface area contributed by atoms with Gasteiger partial charge in [-0.3, -0.25) is 4.79 Å². The van der Waals surface area contributed by atoms with Crippen molar-refractivity contribution in [2.24, 2.45) is 0 Å². The highest BCUT2D eigenvalue weighted by atomic mass is 16.5. The van der Waals surface area contributed by atoms with E-state index in [1.165, 1.54) is 0 Å². The molecule has 0 bridgehead atoms. The van der Waals surface area contributed by atoms with Crippen LogP contribution in [0.25, 0.3) is 0 Å². The van der Waals surface area contributed by atoms with Gasteiger partial charge in [-0.1, -0.05) is 13.8 Å². The smallest absolute Gasteiger partial charge is 0.253 e. The summed E-state index contributed by atoms with van der Waals surface area (Å²) in [4.78, 5) is 14.3. The van der Waals surface area contributed by atoms with Gasteiger partial charge >= 0.3 is 0 Å². The fourth-order valence-electron chi connectivity index (χ4n) is 2.53. The maximum absolute atomic E-state index is 12.1. The lowest BCUT2D eigenvalue weighted by molar-refractivity contribution is 0.0963. The first-order valence-electron chi connectivity index (χ1n) is 7.46. The van der Waals surface area contributed by atoms with Gasteiger partial charge in [-0.15, -0.1) is 0 Å². The Morgan fingerprint density at radius 2 is 2.05 bits per heavy atom. The predicted octanol–water partition coefficient (Wildman–Crippen LogP) is 2.27. The number of ether oxygens (including phenoxy) is 1. The van der Waals surface area contributed by atoms with Crippen molar-refractivity contribution in [3.05, 3.63) is 23.8 Å². The molecule has 0 atom stereocenters. The van der Waals surface area contributed by atoms with Crippen LogP contribution in [-0.2, 0) is 4.74 Å². The number of rotatable bonds is 8. The Kier molecular flexibility index (Phi) is 7.02. The summed E-state index contributed by atoms with van der Waals surface area (Å²) in [6.07, 6.45) is 2.00. The Bertz CT molecular complexity index is 459. The van der Waals surface area contributed by atoms with Gasteiger partial charge in [0.25, 0.3) is 5.91 Å². The molecule has 3 N–H and O–H groups in total. The van der Waals surface area contributed by atoms with E-state index in [4.69, 9.17) is 10.5 Å². The first-order valence-corrected chi connectivity index (χ1v) is 7.46. The molecule has 5 nitrogen and oxygen atoms in total. The molecule has 5 heteroatoms. The number of amides is 1. The fraction of sp³-hybridized carbons (Fsp3) is 0.562. The van der Waals surface area contributed by atoms with Crippen molar-refractivity contribution in [2.75, 3.05) is 37.9 Å². The molecule has 0 aliphatic carbocycles. The Morgan fingerprint density at radius 1 is 1.38 bits per heavy atom. The highest BCUT2D eigenvalue weighted by Crippen LogP contribution is 2.27. The van der Waals surface area contributed by atoms with Gasteiger partial charge in [-0.25, -0.2) is 0 Å². The van der Waals surface area contributed by atoms with Crippen molar-refractivity contribution in [1.29, 1.82) is 0 Å². The monoisotopic (exact) mass is 293 g/mol. The highest BCUT2D eigenvalue weighted by Gasteiger charge is 2.21. The molecule has 0 saturated carbocycles. The zero-order chi connectivity index (χ0) is 15.8. The third-order valence-electron chi connectivity index (χ3n) is 3.72. The first kappa shape index (κ1) is 17.3. The molecular formula is C16H27N3O2. The van der Waals surface area contributed by atoms with Crippen LogP contribution in [0.3, 0.4) is 0 Å². The summed E-state index contributed by atoms with van der Waals surface area (Å²) in [6.45, 7) is 5.65. The summed E-state index contributed by atoms with van der Waals surface area (Å²) in [5.74, 6) is -0.0987. The van der Waals surface area contributed by atoms with E-state index >= 15 is 0 Å². The van der Waals surface area contributed by atoms with Crippen molar-refractivity contribution in [2.45, 2.75) is 32.7 Å². The quantitative estimate of drug-likeness (QED) is 0.722. The molecule has 21 heavy (non-hydrogen) atoms. The van der Waals surface area contributed by atoms with Gasteiger partial charge in [0.2, 0.25) is 0 Å². The van der Waals surface area contributed by atoms with Crippen molar-refractivity contribution >= 4 is 17.3 Å². The molecule has 0 fully saturated rings. The number of nitrogens with two attached hydrogens (primary N) is 1. The second-order valence-electron chi connectivity index (χ2n) is 5.01. The van der Waals surface area contributed by atoms with Gasteiger partial charge < -0.3 is 20.7 Å². The number of hydrogen-bond donors (Lipinski definition) is 2. The lowest BCUT2D eigenvalue weighted by Crippen LogP contribution is -2.38. The Hall–Kier alpha value is -1.75. The largest absolute Gasteiger partial charge is 0.399 e. The second-order valence-corrected chi connectivity index (χ2v) is 5.01. The Morgan fingerprint density at radius 3 is 2.57 bits per heavy atom. The Labute approximate surface area is 127 Å². The molecule has 0 unspecified atom stereocenters. The molecule has 118 valence electrons. The van der Waals surface area contributed by atoms with Gasteiger partial charge in [0, 0.05) is 32.4 Å². The molecule has 1 amide bonds. The molecule has 1 aromatic rings. The number of methoxy groups -OCH3 is 1. The van der Waals surface area contributed by atoms with E-state index in [0.717, 1.165) is 25.1 Å². The molecule has 0 aromatic heterocycles. The van der Waals surface area contributed by atoms with E-state index in [0.29, 0.717) is 23.9 Å². The third kappa shape index (κ3) is 4.36. The maximum atomic E-state index is 12.1. The minimum atomic E-state index is -0.0987. The fourth-order valence-corrected chi connectivity index (χ4v) is 2.53. The van der Waals surface area contributed by atoms with Gasteiger partial charge in [0.05, 0.1) is 17.9 Å². The highest BCUT2D eigenvalue weighted by molar-refractivity contribution is 6.00. The minimum absolute atomic E-state index is 0.0987. The molecule has 0 saturated heterocycles. The van der Waals surface area contributed by atoms with Gasteiger partial charge in [0.1, 0.15) is 0 Å². The van der Waals surface area contributed by atoms with Gasteiger partial charge in [-0.2, -0.15) is 0 Å². The number of anilines is 2. The van der Waals surface area contributed by atoms with Crippen molar-refractivity contribution in [3.63, 3.8) is 0 Å². The number of nitrogens with zero attached hydrogens (tertiary/aromatic N) is 1. The number of nitrogen functional groups attached to an aromatic ring is 1. The first-order chi connectivity index (χ1) is 10.1. The van der Waals surface area contributed by atoms with E-state index in [1.807, 2.05) is 6.07 Å². The summed E-state index contributed by atoms with van der Waals surface area (Å²) in [5, 5.41) is 2.69. The molecule has 1 aromatic carbocycles. The number of nitrogens with one attached hydrogen (secondary N) is 1. The van der Waals surface area contributed by atoms with Crippen LogP contribution in [0.2, 0.25) is 0 Å². The number of benzene rings is 1. The van der Waals surface area contributed by atoms with E-state index in [-0.39, 0.29) is 5.91 Å². The molecule has 0 aliphatic heterocycles. The molecule has 1 rings (SSSR count). The molecule has 0 aliphatic rings. The van der Waals surface area contributed by atoms with Crippen LogP contribution in [0.1, 0.15) is 37.0 Å². The van der Waals surface area contributed by atoms with E-state index in [9.17, 15) is 4.79 Å². The van der Waals surface area contributed by atoms with Gasteiger partial charge in [-0.05, 0) is 31.0 Å². The summed E-state index contributed by atoms with van der Waals surface area (Å²) in [6, 6.07) is 5.77. The van der Waals surface area contributed by atoms with Crippen molar-refractivity contribution in [1.82, 2.24) is 5.32 Å². The van der Waals surface area contributed by atoms with Crippen LogP contribution >= 0.6 is 0 Å². The zero-order valence-corrected chi connectivity index (χ0v) is 13.5. The van der Waals surface area contributed by atoms with Gasteiger partial charge in [0.15, 0.2) is 0 Å². The van der Waals surface area contributed by atoms with Crippen LogP contribution in [0.4, 0.5) is 11.4 Å². The van der Waals surface area contributed by atoms with Crippen LogP contribution in [0.5, 0.6) is 0 Å². The molecule has 0 spiro atoms. The molecule has 0 radical (unpaired) electrons. The predicted molar refractivity (Wildman–Crippen MR) is 87.8 cm³/mol. The summed E-state index contributed by atoms with van der Waals surface area (Å²) in [7, 11) is 3.32. The lowest BCUT2D eigenvalue weighted by Gasteiger charge is -2.34. The van der Waals surface area contributed by atoms with E-state index in [2.05, 4.69) is 24.1 Å². The molecule has 0 heterocycles. The summed E-state index contributed by atoms with van der Waals surface area (Å²) < 4.78 is 5.22. The summed E-state index contributed by atoms with van der Waals surface area (Å²) >= 11 is 0. The summed E-state index contributed by atoms with van der Waals surface area (Å²) in [5.41, 5.74) is 8.11. The average molecular weight is 293 g/mol. The zero-order valence-electron chi connectivity index (χ0n) is 13.5. The Balaban J connectivity index is 3.26. The number of carbonyl (C=O) groups is 1. The average Bonchev–Trinajstić information content (AvgIpc) is 2.50. The van der Waals surface area contributed by atoms with E-state index < -0.39 is 0 Å². The van der Waals surface area contributed by atoms with E-state index in [1.54, 1.807) is 26.3 Å². The second kappa shape index (κ2) is 8.52. The SMILES string of the molecule is CCC(CC)N(CCOC)c1cc(N)ccc1C(=O)NC. The minimum Gasteiger partial charge on any atom is -0.399 e. The van der Waals surface area contributed by atoms with Crippen LogP contribution in [0, 0.1) is 0 Å². The van der Waals surface area contributed by atoms with Crippen molar-refractivity contribution in [3.8, 4) is 0 Å². The van der Waals surface area contributed by atoms with Crippen LogP contribution in [0.15, 0.2) is 18.2 Å². The third-order valence-corrected chi connectivity index (χ3v) is 3.72. The maximum Gasteiger partial charge on any atom is 0.253 e. The molecular weight excluding hydrogens is 266 g/mol. The van der Waals surface area contributed by atoms with Crippen LogP contribution < -0.4 is 16.0 Å².